The van der Waals surface area contributed by atoms with Crippen LogP contribution in [0.25, 0.3) is 16.7 Å². The fourth-order valence-corrected chi connectivity index (χ4v) is 4.00. The van der Waals surface area contributed by atoms with Gasteiger partial charge < -0.3 is 20.4 Å². The fourth-order valence-electron chi connectivity index (χ4n) is 4.00. The van der Waals surface area contributed by atoms with E-state index in [1.54, 1.807) is 5.32 Å². The quantitative estimate of drug-likeness (QED) is 0.453. The second-order valence-electron chi connectivity index (χ2n) is 8.39. The number of nitrogens with one attached hydrogen (secondary N) is 1. The van der Waals surface area contributed by atoms with Gasteiger partial charge in [-0.05, 0) is 30.7 Å². The van der Waals surface area contributed by atoms with Crippen molar-refractivity contribution >= 4 is 22.8 Å². The number of aliphatic hydroxyl groups excluding tert-OH is 2. The first kappa shape index (κ1) is 25.5. The van der Waals surface area contributed by atoms with Gasteiger partial charge in [0.05, 0.1) is 23.3 Å². The number of pyridine rings is 2. The number of carbonyl (C=O) groups is 1. The highest BCUT2D eigenvalue weighted by atomic mass is 19.4. The molecule has 0 bridgehead atoms. The van der Waals surface area contributed by atoms with E-state index in [0.29, 0.717) is 6.07 Å². The number of nitrogens with zero attached hydrogens (tertiary/aromatic N) is 3. The van der Waals surface area contributed by atoms with Crippen LogP contribution in [0.5, 0.6) is 0 Å². The van der Waals surface area contributed by atoms with Crippen molar-refractivity contribution in [2.75, 3.05) is 18.0 Å². The average Bonchev–Trinajstić information content (AvgIpc) is 3.15. The van der Waals surface area contributed by atoms with Gasteiger partial charge in [0.1, 0.15) is 29.1 Å². The summed E-state index contributed by atoms with van der Waals surface area (Å²) < 4.78 is 68.8. The molecule has 1 unspecified atom stereocenters. The first-order chi connectivity index (χ1) is 16.9. The molecule has 8 nitrogen and oxygen atoms in total. The normalized spacial score (nSPS) is 19.1. The lowest BCUT2D eigenvalue weighted by molar-refractivity contribution is -0.153. The third-order valence-electron chi connectivity index (χ3n) is 5.94. The van der Waals surface area contributed by atoms with Crippen LogP contribution in [0.1, 0.15) is 23.7 Å². The molecule has 2 aromatic heterocycles. The Morgan fingerprint density at radius 3 is 2.42 bits per heavy atom. The molecule has 192 valence electrons. The standard InChI is InChI=1S/C23H21F5N4O4/c1-2-18(23(26,27)28)29-22(36)13-8-32(15-5-3-11(24)7-14(15)25)21-12(20(13)35)4-6-19(30-21)31-9-16(33)17(34)10-31/h3-8,16-18,33-34H,2,9-10H2,1H3,(H,29,36)/t16-,17+,18?. The molecule has 0 spiro atoms. The number of benzene rings is 1. The Kier molecular flexibility index (Phi) is 6.71. The molecule has 0 aliphatic carbocycles. The van der Waals surface area contributed by atoms with E-state index in [4.69, 9.17) is 0 Å². The summed E-state index contributed by atoms with van der Waals surface area (Å²) >= 11 is 0. The van der Waals surface area contributed by atoms with Crippen LogP contribution in [0.4, 0.5) is 27.8 Å². The minimum Gasteiger partial charge on any atom is -0.389 e. The molecule has 13 heteroatoms. The van der Waals surface area contributed by atoms with E-state index in [2.05, 4.69) is 4.98 Å². The van der Waals surface area contributed by atoms with Crippen molar-refractivity contribution in [3.8, 4) is 5.69 Å². The van der Waals surface area contributed by atoms with E-state index < -0.39 is 59.4 Å². The molecule has 3 heterocycles. The number of hydrogen-bond acceptors (Lipinski definition) is 6. The van der Waals surface area contributed by atoms with Gasteiger partial charge in [0, 0.05) is 25.4 Å². The molecule has 1 aliphatic rings. The number of anilines is 1. The first-order valence-corrected chi connectivity index (χ1v) is 10.9. The van der Waals surface area contributed by atoms with Gasteiger partial charge in [0.25, 0.3) is 5.91 Å². The SMILES string of the molecule is CCC(NC(=O)c1cn(-c2ccc(F)cc2F)c2nc(N3C[C@@H](O)[C@@H](O)C3)ccc2c1=O)C(F)(F)F. The number of hydrogen-bond donors (Lipinski definition) is 3. The van der Waals surface area contributed by atoms with Gasteiger partial charge in [0.15, 0.2) is 5.65 Å². The van der Waals surface area contributed by atoms with Gasteiger partial charge in [-0.2, -0.15) is 13.2 Å². The Hall–Kier alpha value is -3.58. The number of carbonyl (C=O) groups excluding carboxylic acids is 1. The minimum atomic E-state index is -4.76. The third-order valence-corrected chi connectivity index (χ3v) is 5.94. The average molecular weight is 512 g/mol. The highest BCUT2D eigenvalue weighted by Gasteiger charge is 2.40. The molecule has 1 fully saturated rings. The lowest BCUT2D eigenvalue weighted by Crippen LogP contribution is -2.46. The summed E-state index contributed by atoms with van der Waals surface area (Å²) in [6, 6.07) is 2.92. The monoisotopic (exact) mass is 512 g/mol. The highest BCUT2D eigenvalue weighted by Crippen LogP contribution is 2.26. The summed E-state index contributed by atoms with van der Waals surface area (Å²) in [4.78, 5) is 31.7. The molecule has 1 aromatic carbocycles. The van der Waals surface area contributed by atoms with Gasteiger partial charge in [-0.3, -0.25) is 14.2 Å². The lowest BCUT2D eigenvalue weighted by atomic mass is 10.1. The molecule has 3 aromatic rings. The summed E-state index contributed by atoms with van der Waals surface area (Å²) in [6.45, 7) is 1.25. The van der Waals surface area contributed by atoms with Crippen LogP contribution in [0.2, 0.25) is 0 Å². The van der Waals surface area contributed by atoms with E-state index in [0.717, 1.165) is 22.9 Å². The van der Waals surface area contributed by atoms with Gasteiger partial charge in [0.2, 0.25) is 5.43 Å². The molecule has 3 atom stereocenters. The molecule has 1 amide bonds. The van der Waals surface area contributed by atoms with Crippen LogP contribution in [-0.2, 0) is 0 Å². The van der Waals surface area contributed by atoms with Gasteiger partial charge in [-0.25, -0.2) is 13.8 Å². The van der Waals surface area contributed by atoms with Crippen LogP contribution in [-0.4, -0.2) is 63.2 Å². The summed E-state index contributed by atoms with van der Waals surface area (Å²) in [7, 11) is 0. The topological polar surface area (TPSA) is 108 Å². The van der Waals surface area contributed by atoms with Crippen LogP contribution < -0.4 is 15.6 Å². The van der Waals surface area contributed by atoms with E-state index in [1.165, 1.54) is 24.0 Å². The van der Waals surface area contributed by atoms with Crippen molar-refractivity contribution in [1.82, 2.24) is 14.9 Å². The number of fused-ring (bicyclic) bond motifs is 1. The zero-order valence-electron chi connectivity index (χ0n) is 18.8. The number of β-amino-alcohol motifs (C(OH)–C–C–N with tert-alkyl or cyclic N) is 2. The Bertz CT molecular complexity index is 1370. The third kappa shape index (κ3) is 4.75. The zero-order chi connectivity index (χ0) is 26.4. The predicted octanol–water partition coefficient (Wildman–Crippen LogP) is 2.28. The van der Waals surface area contributed by atoms with Crippen molar-refractivity contribution < 1.29 is 37.0 Å². The van der Waals surface area contributed by atoms with Gasteiger partial charge in [-0.1, -0.05) is 6.92 Å². The summed E-state index contributed by atoms with van der Waals surface area (Å²) in [5.41, 5.74) is -2.13. The van der Waals surface area contributed by atoms with E-state index in [9.17, 15) is 41.8 Å². The van der Waals surface area contributed by atoms with Gasteiger partial charge in [-0.15, -0.1) is 0 Å². The Labute approximate surface area is 200 Å². The molecule has 1 aliphatic heterocycles. The number of halogens is 5. The Morgan fingerprint density at radius 1 is 1.17 bits per heavy atom. The number of alkyl halides is 3. The first-order valence-electron chi connectivity index (χ1n) is 10.9. The molecule has 0 radical (unpaired) electrons. The number of aromatic nitrogens is 2. The molecular weight excluding hydrogens is 491 g/mol. The van der Waals surface area contributed by atoms with Crippen LogP contribution in [0.15, 0.2) is 41.3 Å². The van der Waals surface area contributed by atoms with Crippen molar-refractivity contribution in [3.63, 3.8) is 0 Å². The molecule has 0 saturated carbocycles. The maximum atomic E-state index is 14.7. The molecule has 4 rings (SSSR count). The number of rotatable bonds is 5. The smallest absolute Gasteiger partial charge is 0.389 e. The second-order valence-corrected chi connectivity index (χ2v) is 8.39. The largest absolute Gasteiger partial charge is 0.408 e. The number of aliphatic hydroxyl groups is 2. The lowest BCUT2D eigenvalue weighted by Gasteiger charge is -2.21. The Morgan fingerprint density at radius 2 is 1.83 bits per heavy atom. The maximum absolute atomic E-state index is 14.7. The van der Waals surface area contributed by atoms with Crippen LogP contribution in [0, 0.1) is 11.6 Å². The van der Waals surface area contributed by atoms with E-state index >= 15 is 0 Å². The molecule has 1 saturated heterocycles. The van der Waals surface area contributed by atoms with Crippen LogP contribution >= 0.6 is 0 Å². The summed E-state index contributed by atoms with van der Waals surface area (Å²) in [6.07, 6.45) is -6.49. The van der Waals surface area contributed by atoms with Crippen molar-refractivity contribution in [1.29, 1.82) is 0 Å². The fraction of sp³-hybridized carbons (Fsp3) is 0.348. The van der Waals surface area contributed by atoms with Crippen molar-refractivity contribution in [3.05, 3.63) is 63.9 Å². The summed E-state index contributed by atoms with van der Waals surface area (Å²) in [5.74, 6) is -3.09. The molecule has 36 heavy (non-hydrogen) atoms. The van der Waals surface area contributed by atoms with Crippen molar-refractivity contribution in [2.45, 2.75) is 37.8 Å². The molecule has 3 N–H and O–H groups in total. The number of amides is 1. The van der Waals surface area contributed by atoms with E-state index in [1.807, 2.05) is 0 Å². The van der Waals surface area contributed by atoms with Crippen LogP contribution in [0.3, 0.4) is 0 Å². The second kappa shape index (κ2) is 9.47. The van der Waals surface area contributed by atoms with E-state index in [-0.39, 0.29) is 35.6 Å². The highest BCUT2D eigenvalue weighted by molar-refractivity contribution is 5.97. The van der Waals surface area contributed by atoms with Crippen molar-refractivity contribution in [2.24, 2.45) is 0 Å². The minimum absolute atomic E-state index is 0.0190. The molecular formula is C23H21F5N4O4. The maximum Gasteiger partial charge on any atom is 0.408 e. The Balaban J connectivity index is 1.90. The summed E-state index contributed by atoms with van der Waals surface area (Å²) in [5, 5.41) is 21.3. The zero-order valence-corrected chi connectivity index (χ0v) is 18.8. The van der Waals surface area contributed by atoms with Gasteiger partial charge >= 0.3 is 6.18 Å². The predicted molar refractivity (Wildman–Crippen MR) is 119 cm³/mol.